The lowest BCUT2D eigenvalue weighted by molar-refractivity contribution is 0.687. The van der Waals surface area contributed by atoms with Gasteiger partial charge in [-0.2, -0.15) is 0 Å². The Morgan fingerprint density at radius 3 is 1.50 bits per heavy atom. The van der Waals surface area contributed by atoms with E-state index in [-0.39, 0.29) is 0 Å². The highest BCUT2D eigenvalue weighted by Crippen LogP contribution is 2.19. The molecule has 0 aliphatic carbocycles. The third-order valence-electron chi connectivity index (χ3n) is 3.23. The van der Waals surface area contributed by atoms with Crippen molar-refractivity contribution in [3.05, 3.63) is 90.5 Å². The maximum Gasteiger partial charge on any atom is 0.0498 e. The van der Waals surface area contributed by atoms with Gasteiger partial charge in [-0.1, -0.05) is 78.4 Å². The first-order chi connectivity index (χ1) is 10.7. The number of rotatable bonds is 2. The van der Waals surface area contributed by atoms with Crippen LogP contribution in [0.25, 0.3) is 11.1 Å². The quantitative estimate of drug-likeness (QED) is 0.645. The highest BCUT2D eigenvalue weighted by molar-refractivity contribution is 7.84. The molecule has 0 heterocycles. The summed E-state index contributed by atoms with van der Waals surface area (Å²) in [6.07, 6.45) is 1.69. The van der Waals surface area contributed by atoms with Crippen molar-refractivity contribution in [2.45, 2.75) is 11.8 Å². The van der Waals surface area contributed by atoms with Gasteiger partial charge in [0.05, 0.1) is 0 Å². The van der Waals surface area contributed by atoms with Gasteiger partial charge in [0.15, 0.2) is 0 Å². The van der Waals surface area contributed by atoms with Gasteiger partial charge in [-0.15, -0.1) is 0 Å². The van der Waals surface area contributed by atoms with Crippen molar-refractivity contribution in [2.75, 3.05) is 6.26 Å². The molecule has 0 amide bonds. The van der Waals surface area contributed by atoms with Gasteiger partial charge in [-0.25, -0.2) is 0 Å². The van der Waals surface area contributed by atoms with Gasteiger partial charge < -0.3 is 0 Å². The average Bonchev–Trinajstić information content (AvgIpc) is 2.57. The molecule has 0 radical (unpaired) electrons. The van der Waals surface area contributed by atoms with Crippen LogP contribution in [0.2, 0.25) is 0 Å². The summed E-state index contributed by atoms with van der Waals surface area (Å²) in [6.45, 7) is 2.08. The van der Waals surface area contributed by atoms with Crippen molar-refractivity contribution in [2.24, 2.45) is 0 Å². The van der Waals surface area contributed by atoms with E-state index in [0.29, 0.717) is 0 Å². The van der Waals surface area contributed by atoms with Gasteiger partial charge >= 0.3 is 0 Å². The van der Waals surface area contributed by atoms with Crippen LogP contribution in [0, 0.1) is 6.92 Å². The van der Waals surface area contributed by atoms with Crippen LogP contribution >= 0.6 is 0 Å². The lowest BCUT2D eigenvalue weighted by Gasteiger charge is -2.02. The molecule has 1 atom stereocenters. The Morgan fingerprint density at radius 2 is 1.09 bits per heavy atom. The van der Waals surface area contributed by atoms with Crippen LogP contribution in [0.5, 0.6) is 0 Å². The molecule has 3 aromatic rings. The molecule has 0 spiro atoms. The highest BCUT2D eigenvalue weighted by Gasteiger charge is 1.98. The van der Waals surface area contributed by atoms with Crippen molar-refractivity contribution >= 4 is 10.8 Å². The zero-order valence-corrected chi connectivity index (χ0v) is 13.7. The van der Waals surface area contributed by atoms with E-state index in [4.69, 9.17) is 0 Å². The van der Waals surface area contributed by atoms with Crippen molar-refractivity contribution in [1.82, 2.24) is 0 Å². The first kappa shape index (κ1) is 16.2. The summed E-state index contributed by atoms with van der Waals surface area (Å²) in [5, 5.41) is 0. The molecule has 1 nitrogen and oxygen atoms in total. The largest absolute Gasteiger partial charge is 0.255 e. The normalized spacial score (nSPS) is 11.2. The van der Waals surface area contributed by atoms with E-state index in [1.807, 2.05) is 60.7 Å². The Morgan fingerprint density at radius 1 is 0.636 bits per heavy atom. The summed E-state index contributed by atoms with van der Waals surface area (Å²) < 4.78 is 11.2. The number of hydrogen-bond donors (Lipinski definition) is 0. The van der Waals surface area contributed by atoms with Crippen LogP contribution in [0.4, 0.5) is 0 Å². The monoisotopic (exact) mass is 308 g/mol. The maximum absolute atomic E-state index is 11.2. The van der Waals surface area contributed by atoms with Crippen LogP contribution in [-0.2, 0) is 10.8 Å². The smallest absolute Gasteiger partial charge is 0.0498 e. The molecular weight excluding hydrogens is 288 g/mol. The third-order valence-corrected chi connectivity index (χ3v) is 4.17. The molecule has 0 fully saturated rings. The zero-order chi connectivity index (χ0) is 15.8. The van der Waals surface area contributed by atoms with E-state index in [0.717, 1.165) is 10.5 Å². The van der Waals surface area contributed by atoms with Gasteiger partial charge in [-0.3, -0.25) is 4.21 Å². The molecule has 2 heteroatoms. The molecule has 0 N–H and O–H groups in total. The molecular formula is C20H20OS. The van der Waals surface area contributed by atoms with Crippen LogP contribution < -0.4 is 0 Å². The lowest BCUT2D eigenvalue weighted by atomic mass is 10.1. The van der Waals surface area contributed by atoms with Crippen molar-refractivity contribution < 1.29 is 4.21 Å². The Labute approximate surface area is 135 Å². The number of aryl methyl sites for hydroxylation is 1. The van der Waals surface area contributed by atoms with E-state index in [9.17, 15) is 4.21 Å². The molecule has 0 saturated carbocycles. The molecule has 0 aromatic heterocycles. The fourth-order valence-corrected chi connectivity index (χ4v) is 2.52. The minimum atomic E-state index is -0.894. The van der Waals surface area contributed by atoms with Crippen molar-refractivity contribution in [3.63, 3.8) is 0 Å². The first-order valence-corrected chi connectivity index (χ1v) is 8.73. The third kappa shape index (κ3) is 4.97. The molecule has 3 rings (SSSR count). The van der Waals surface area contributed by atoms with E-state index in [2.05, 4.69) is 31.2 Å². The van der Waals surface area contributed by atoms with Gasteiger partial charge in [-0.05, 0) is 30.2 Å². The summed E-state index contributed by atoms with van der Waals surface area (Å²) in [4.78, 5) is 0.870. The second-order valence-electron chi connectivity index (χ2n) is 5.00. The molecule has 0 aliphatic rings. The fourth-order valence-electron chi connectivity index (χ4n) is 2.00. The first-order valence-electron chi connectivity index (χ1n) is 7.17. The molecule has 0 aliphatic heterocycles. The highest BCUT2D eigenvalue weighted by atomic mass is 32.2. The van der Waals surface area contributed by atoms with E-state index < -0.39 is 10.8 Å². The Balaban J connectivity index is 0.000000211. The minimum absolute atomic E-state index is 0.870. The number of hydrogen-bond acceptors (Lipinski definition) is 1. The topological polar surface area (TPSA) is 17.1 Å². The minimum Gasteiger partial charge on any atom is -0.255 e. The summed E-state index contributed by atoms with van der Waals surface area (Å²) in [5.41, 5.74) is 3.67. The molecule has 112 valence electrons. The van der Waals surface area contributed by atoms with Crippen LogP contribution in [0.3, 0.4) is 0 Å². The fraction of sp³-hybridized carbons (Fsp3) is 0.100. The summed E-state index contributed by atoms with van der Waals surface area (Å²) >= 11 is 0. The second-order valence-corrected chi connectivity index (χ2v) is 6.38. The van der Waals surface area contributed by atoms with E-state index in [1.54, 1.807) is 6.26 Å². The standard InChI is InChI=1S/C13H12OS.C7H8/c1-15(14)13-9-7-12(8-10-13)11-5-3-2-4-6-11;1-7-5-3-2-4-6-7/h2-10H,1H3;2-6H,1H3. The van der Waals surface area contributed by atoms with Crippen molar-refractivity contribution in [3.8, 4) is 11.1 Å². The SMILES string of the molecule is CS(=O)c1ccc(-c2ccccc2)cc1.Cc1ccccc1. The Bertz CT molecular complexity index is 704. The van der Waals surface area contributed by atoms with Crippen LogP contribution in [0.15, 0.2) is 89.8 Å². The van der Waals surface area contributed by atoms with E-state index in [1.165, 1.54) is 11.1 Å². The van der Waals surface area contributed by atoms with Crippen LogP contribution in [0.1, 0.15) is 5.56 Å². The summed E-state index contributed by atoms with van der Waals surface area (Å²) in [6, 6.07) is 28.3. The predicted molar refractivity (Wildman–Crippen MR) is 95.4 cm³/mol. The Kier molecular flexibility index (Phi) is 6.11. The molecule has 0 bridgehead atoms. The van der Waals surface area contributed by atoms with Crippen LogP contribution in [-0.4, -0.2) is 10.5 Å². The summed E-state index contributed by atoms with van der Waals surface area (Å²) in [5.74, 6) is 0. The van der Waals surface area contributed by atoms with Gasteiger partial charge in [0.2, 0.25) is 0 Å². The average molecular weight is 308 g/mol. The van der Waals surface area contributed by atoms with Gasteiger partial charge in [0.1, 0.15) is 0 Å². The lowest BCUT2D eigenvalue weighted by Crippen LogP contribution is -1.86. The maximum atomic E-state index is 11.2. The number of benzene rings is 3. The molecule has 22 heavy (non-hydrogen) atoms. The van der Waals surface area contributed by atoms with Gasteiger partial charge in [0, 0.05) is 22.0 Å². The molecule has 0 saturated heterocycles. The van der Waals surface area contributed by atoms with Crippen molar-refractivity contribution in [1.29, 1.82) is 0 Å². The predicted octanol–water partition coefficient (Wildman–Crippen LogP) is 5.09. The second kappa shape index (κ2) is 8.30. The molecule has 1 unspecified atom stereocenters. The Hall–Kier alpha value is -2.19. The van der Waals surface area contributed by atoms with E-state index >= 15 is 0 Å². The molecule has 3 aromatic carbocycles. The summed E-state index contributed by atoms with van der Waals surface area (Å²) in [7, 11) is -0.894. The zero-order valence-electron chi connectivity index (χ0n) is 12.9. The van der Waals surface area contributed by atoms with Gasteiger partial charge in [0.25, 0.3) is 0 Å².